The highest BCUT2D eigenvalue weighted by atomic mass is 16.5. The van der Waals surface area contributed by atoms with Gasteiger partial charge in [-0.15, -0.1) is 0 Å². The van der Waals surface area contributed by atoms with Crippen LogP contribution in [0.4, 0.5) is 11.4 Å². The quantitative estimate of drug-likeness (QED) is 0.651. The fraction of sp³-hybridized carbons (Fsp3) is 0.533. The molecule has 0 saturated carbocycles. The zero-order valence-electron chi connectivity index (χ0n) is 12.1. The molecule has 1 atom stereocenters. The number of ether oxygens (including phenoxy) is 1. The summed E-state index contributed by atoms with van der Waals surface area (Å²) in [5.41, 5.74) is 6.80. The molecule has 0 aliphatic carbocycles. The van der Waals surface area contributed by atoms with E-state index in [0.717, 1.165) is 25.1 Å². The Bertz CT molecular complexity index is 500. The van der Waals surface area contributed by atoms with Crippen LogP contribution in [0.25, 0.3) is 0 Å². The van der Waals surface area contributed by atoms with Crippen LogP contribution in [0.15, 0.2) is 18.2 Å². The summed E-state index contributed by atoms with van der Waals surface area (Å²) in [5.74, 6) is -0.375. The molecule has 1 unspecified atom stereocenters. The Balaban J connectivity index is 2.33. The van der Waals surface area contributed by atoms with Crippen molar-refractivity contribution in [1.82, 2.24) is 0 Å². The minimum absolute atomic E-state index is 0.324. The molecule has 1 aromatic carbocycles. The molecule has 0 amide bonds. The Morgan fingerprint density at radius 3 is 2.95 bits per heavy atom. The van der Waals surface area contributed by atoms with Crippen LogP contribution in [-0.4, -0.2) is 36.4 Å². The van der Waals surface area contributed by atoms with Crippen LogP contribution in [-0.2, 0) is 4.74 Å². The Morgan fingerprint density at radius 1 is 1.55 bits per heavy atom. The van der Waals surface area contributed by atoms with Crippen molar-refractivity contribution in [3.8, 4) is 0 Å². The molecule has 0 bridgehead atoms. The molecular weight excluding hydrogens is 256 g/mol. The van der Waals surface area contributed by atoms with Crippen molar-refractivity contribution in [3.63, 3.8) is 0 Å². The minimum atomic E-state index is -0.731. The molecule has 0 radical (unpaired) electrons. The van der Waals surface area contributed by atoms with Gasteiger partial charge in [0.1, 0.15) is 0 Å². The van der Waals surface area contributed by atoms with Gasteiger partial charge in [0.25, 0.3) is 0 Å². The van der Waals surface area contributed by atoms with Crippen LogP contribution < -0.4 is 10.6 Å². The van der Waals surface area contributed by atoms with E-state index in [1.54, 1.807) is 19.1 Å². The number of esters is 1. The first-order chi connectivity index (χ1) is 9.43. The molecule has 1 heterocycles. The molecule has 5 nitrogen and oxygen atoms in total. The lowest BCUT2D eigenvalue weighted by Crippen LogP contribution is -2.46. The molecule has 0 spiro atoms. The molecule has 0 aromatic heterocycles. The fourth-order valence-electron chi connectivity index (χ4n) is 2.63. The van der Waals surface area contributed by atoms with Crippen molar-refractivity contribution in [2.45, 2.75) is 32.3 Å². The van der Waals surface area contributed by atoms with E-state index in [-0.39, 0.29) is 5.97 Å². The third-order valence-corrected chi connectivity index (χ3v) is 3.53. The van der Waals surface area contributed by atoms with Gasteiger partial charge in [-0.1, -0.05) is 0 Å². The highest BCUT2D eigenvalue weighted by Crippen LogP contribution is 2.30. The lowest BCUT2D eigenvalue weighted by Gasteiger charge is -2.38. The number of benzene rings is 1. The summed E-state index contributed by atoms with van der Waals surface area (Å²) in [6, 6.07) is 5.22. The van der Waals surface area contributed by atoms with Gasteiger partial charge in [0.15, 0.2) is 0 Å². The van der Waals surface area contributed by atoms with E-state index in [0.29, 0.717) is 24.4 Å². The molecule has 1 aliphatic heterocycles. The van der Waals surface area contributed by atoms with Gasteiger partial charge < -0.3 is 20.5 Å². The fourth-order valence-corrected chi connectivity index (χ4v) is 2.63. The summed E-state index contributed by atoms with van der Waals surface area (Å²) < 4.78 is 5.08. The van der Waals surface area contributed by atoms with Crippen LogP contribution >= 0.6 is 0 Å². The number of anilines is 2. The van der Waals surface area contributed by atoms with Crippen LogP contribution in [0.3, 0.4) is 0 Å². The Labute approximate surface area is 119 Å². The SMILES string of the molecule is CCOC(=O)c1cc(N)ccc1N1CCCC(C)(O)C1. The Morgan fingerprint density at radius 2 is 2.30 bits per heavy atom. The number of β-amino-alcohol motifs (C(OH)–C–C–N with tert-alkyl or cyclic N) is 1. The van der Waals surface area contributed by atoms with E-state index in [1.807, 2.05) is 17.9 Å². The molecule has 110 valence electrons. The molecule has 1 aliphatic rings. The highest BCUT2D eigenvalue weighted by molar-refractivity contribution is 5.97. The summed E-state index contributed by atoms with van der Waals surface area (Å²) in [7, 11) is 0. The number of nitrogen functional groups attached to an aromatic ring is 1. The van der Waals surface area contributed by atoms with Gasteiger partial charge in [-0.25, -0.2) is 4.79 Å². The van der Waals surface area contributed by atoms with Gasteiger partial charge in [0.05, 0.1) is 23.5 Å². The topological polar surface area (TPSA) is 75.8 Å². The first kappa shape index (κ1) is 14.7. The summed E-state index contributed by atoms with van der Waals surface area (Å²) in [5, 5.41) is 10.2. The summed E-state index contributed by atoms with van der Waals surface area (Å²) in [4.78, 5) is 14.1. The highest BCUT2D eigenvalue weighted by Gasteiger charge is 2.30. The number of nitrogens with zero attached hydrogens (tertiary/aromatic N) is 1. The largest absolute Gasteiger partial charge is 0.462 e. The third-order valence-electron chi connectivity index (χ3n) is 3.53. The van der Waals surface area contributed by atoms with Crippen molar-refractivity contribution in [2.75, 3.05) is 30.3 Å². The number of nitrogens with two attached hydrogens (primary N) is 1. The predicted octanol–water partition coefficient (Wildman–Crippen LogP) is 1.80. The van der Waals surface area contributed by atoms with E-state index in [2.05, 4.69) is 0 Å². The first-order valence-electron chi connectivity index (χ1n) is 6.97. The average Bonchev–Trinajstić information content (AvgIpc) is 2.37. The van der Waals surface area contributed by atoms with Crippen LogP contribution in [0, 0.1) is 0 Å². The van der Waals surface area contributed by atoms with E-state index in [1.165, 1.54) is 0 Å². The normalized spacial score (nSPS) is 22.6. The molecular formula is C15H22N2O3. The van der Waals surface area contributed by atoms with E-state index in [9.17, 15) is 9.90 Å². The van der Waals surface area contributed by atoms with Crippen LogP contribution in [0.2, 0.25) is 0 Å². The van der Waals surface area contributed by atoms with Gasteiger partial charge in [-0.2, -0.15) is 0 Å². The van der Waals surface area contributed by atoms with Crippen molar-refractivity contribution in [3.05, 3.63) is 23.8 Å². The molecule has 3 N–H and O–H groups in total. The van der Waals surface area contributed by atoms with Crippen LogP contribution in [0.5, 0.6) is 0 Å². The molecule has 1 saturated heterocycles. The average molecular weight is 278 g/mol. The van der Waals surface area contributed by atoms with E-state index >= 15 is 0 Å². The molecule has 2 rings (SSSR count). The maximum atomic E-state index is 12.1. The second-order valence-electron chi connectivity index (χ2n) is 5.52. The number of hydrogen-bond donors (Lipinski definition) is 2. The second kappa shape index (κ2) is 5.71. The lowest BCUT2D eigenvalue weighted by atomic mass is 9.94. The standard InChI is InChI=1S/C15H22N2O3/c1-3-20-14(18)12-9-11(16)5-6-13(12)17-8-4-7-15(2,19)10-17/h5-6,9,19H,3-4,7-8,10,16H2,1-2H3. The summed E-state index contributed by atoms with van der Waals surface area (Å²) in [6.07, 6.45) is 1.66. The summed E-state index contributed by atoms with van der Waals surface area (Å²) in [6.45, 7) is 5.23. The number of carbonyl (C=O) groups is 1. The second-order valence-corrected chi connectivity index (χ2v) is 5.52. The van der Waals surface area contributed by atoms with Crippen molar-refractivity contribution in [1.29, 1.82) is 0 Å². The summed E-state index contributed by atoms with van der Waals surface area (Å²) >= 11 is 0. The smallest absolute Gasteiger partial charge is 0.340 e. The number of piperidine rings is 1. The molecule has 1 fully saturated rings. The van der Waals surface area contributed by atoms with Gasteiger partial charge in [-0.05, 0) is 44.9 Å². The van der Waals surface area contributed by atoms with E-state index < -0.39 is 5.60 Å². The number of rotatable bonds is 3. The molecule has 1 aromatic rings. The Hall–Kier alpha value is -1.75. The maximum Gasteiger partial charge on any atom is 0.340 e. The zero-order valence-corrected chi connectivity index (χ0v) is 12.1. The van der Waals surface area contributed by atoms with Crippen molar-refractivity contribution >= 4 is 17.3 Å². The Kier molecular flexibility index (Phi) is 4.18. The van der Waals surface area contributed by atoms with E-state index in [4.69, 9.17) is 10.5 Å². The monoisotopic (exact) mass is 278 g/mol. The van der Waals surface area contributed by atoms with Gasteiger partial charge in [-0.3, -0.25) is 0 Å². The first-order valence-corrected chi connectivity index (χ1v) is 6.97. The van der Waals surface area contributed by atoms with Gasteiger partial charge in [0, 0.05) is 18.8 Å². The lowest BCUT2D eigenvalue weighted by molar-refractivity contribution is 0.0440. The zero-order chi connectivity index (χ0) is 14.8. The number of carbonyl (C=O) groups excluding carboxylic acids is 1. The van der Waals surface area contributed by atoms with Crippen molar-refractivity contribution < 1.29 is 14.6 Å². The maximum absolute atomic E-state index is 12.1. The molecule has 5 heteroatoms. The van der Waals surface area contributed by atoms with Crippen molar-refractivity contribution in [2.24, 2.45) is 0 Å². The van der Waals surface area contributed by atoms with Gasteiger partial charge >= 0.3 is 5.97 Å². The van der Waals surface area contributed by atoms with Crippen LogP contribution in [0.1, 0.15) is 37.0 Å². The number of aliphatic hydroxyl groups is 1. The van der Waals surface area contributed by atoms with Gasteiger partial charge in [0.2, 0.25) is 0 Å². The molecule has 20 heavy (non-hydrogen) atoms. The predicted molar refractivity (Wildman–Crippen MR) is 78.9 cm³/mol. The minimum Gasteiger partial charge on any atom is -0.462 e. The third kappa shape index (κ3) is 3.22. The number of hydrogen-bond acceptors (Lipinski definition) is 5.